The number of nitrogens with one attached hydrogen (secondary N) is 3. The first-order valence-corrected chi connectivity index (χ1v) is 12.0. The molecule has 0 saturated carbocycles. The Hall–Kier alpha value is -4.04. The minimum absolute atomic E-state index is 0.101. The normalized spacial score (nSPS) is 13.8. The van der Waals surface area contributed by atoms with E-state index >= 15 is 0 Å². The van der Waals surface area contributed by atoms with Gasteiger partial charge in [-0.1, -0.05) is 36.8 Å². The Labute approximate surface area is 219 Å². The van der Waals surface area contributed by atoms with Gasteiger partial charge in [-0.15, -0.1) is 0 Å². The summed E-state index contributed by atoms with van der Waals surface area (Å²) in [4.78, 5) is 72.1. The maximum atomic E-state index is 13.1. The van der Waals surface area contributed by atoms with E-state index in [2.05, 4.69) is 16.0 Å². The lowest BCUT2D eigenvalue weighted by Crippen LogP contribution is -2.57. The topological polar surface area (TPSA) is 251 Å². The summed E-state index contributed by atoms with van der Waals surface area (Å²) in [6.45, 7) is 0.415. The van der Waals surface area contributed by atoms with Gasteiger partial charge in [-0.3, -0.25) is 24.0 Å². The second-order valence-electron chi connectivity index (χ2n) is 8.63. The zero-order valence-corrected chi connectivity index (χ0v) is 20.8. The molecule has 3 amide bonds. The first kappa shape index (κ1) is 32.0. The van der Waals surface area contributed by atoms with Gasteiger partial charge in [0, 0.05) is 12.8 Å². The number of benzene rings is 1. The Morgan fingerprint density at radius 3 is 1.87 bits per heavy atom. The molecule has 0 heterocycles. The summed E-state index contributed by atoms with van der Waals surface area (Å²) in [6, 6.07) is 2.92. The molecule has 38 heavy (non-hydrogen) atoms. The van der Waals surface area contributed by atoms with Crippen molar-refractivity contribution in [2.45, 2.75) is 69.1 Å². The van der Waals surface area contributed by atoms with E-state index in [0.717, 1.165) is 0 Å². The molecular weight excluding hydrogens is 502 g/mol. The van der Waals surface area contributed by atoms with Crippen molar-refractivity contribution in [3.05, 3.63) is 35.9 Å². The Morgan fingerprint density at radius 1 is 0.737 bits per heavy atom. The highest BCUT2D eigenvalue weighted by Crippen LogP contribution is 2.08. The van der Waals surface area contributed by atoms with Crippen molar-refractivity contribution in [2.75, 3.05) is 6.54 Å². The van der Waals surface area contributed by atoms with Crippen LogP contribution in [0.2, 0.25) is 0 Å². The van der Waals surface area contributed by atoms with E-state index in [1.54, 1.807) is 30.3 Å². The van der Waals surface area contributed by atoms with E-state index in [9.17, 15) is 33.9 Å². The molecule has 14 nitrogen and oxygen atoms in total. The van der Waals surface area contributed by atoms with Gasteiger partial charge in [0.1, 0.15) is 18.1 Å². The molecule has 0 aliphatic carbocycles. The van der Waals surface area contributed by atoms with Gasteiger partial charge in [0.25, 0.3) is 0 Å². The molecule has 0 aliphatic rings. The fourth-order valence-corrected chi connectivity index (χ4v) is 3.43. The van der Waals surface area contributed by atoms with Gasteiger partial charge in [0.05, 0.1) is 12.5 Å². The van der Waals surface area contributed by atoms with Crippen LogP contribution in [0.5, 0.6) is 0 Å². The van der Waals surface area contributed by atoms with Crippen LogP contribution in [0.4, 0.5) is 0 Å². The molecule has 14 heteroatoms. The predicted octanol–water partition coefficient (Wildman–Crippen LogP) is -1.44. The van der Waals surface area contributed by atoms with Crippen LogP contribution in [-0.2, 0) is 35.2 Å². The van der Waals surface area contributed by atoms with E-state index in [1.807, 2.05) is 0 Å². The minimum atomic E-state index is -1.76. The predicted molar refractivity (Wildman–Crippen MR) is 134 cm³/mol. The number of carboxylic acid groups (broad SMARTS) is 3. The van der Waals surface area contributed by atoms with E-state index in [-0.39, 0.29) is 19.3 Å². The quantitative estimate of drug-likeness (QED) is 0.101. The van der Waals surface area contributed by atoms with E-state index in [1.165, 1.54) is 0 Å². The maximum Gasteiger partial charge on any atom is 0.326 e. The maximum absolute atomic E-state index is 13.1. The fourth-order valence-electron chi connectivity index (χ4n) is 3.43. The fraction of sp³-hybridized carbons (Fsp3) is 0.500. The Morgan fingerprint density at radius 2 is 1.32 bits per heavy atom. The van der Waals surface area contributed by atoms with Crippen LogP contribution in [0.1, 0.15) is 44.1 Å². The Kier molecular flexibility index (Phi) is 14.0. The molecule has 0 aromatic heterocycles. The highest BCUT2D eigenvalue weighted by atomic mass is 16.4. The van der Waals surface area contributed by atoms with Crippen molar-refractivity contribution in [3.63, 3.8) is 0 Å². The van der Waals surface area contributed by atoms with Gasteiger partial charge >= 0.3 is 17.9 Å². The largest absolute Gasteiger partial charge is 0.481 e. The van der Waals surface area contributed by atoms with E-state index in [4.69, 9.17) is 21.7 Å². The standard InChI is InChI=1S/C24H35N5O9/c25-11-5-4-8-15(26)21(34)27-16(9-10-19(30)31)22(35)28-17(12-14-6-2-1-3-7-14)23(36)29-18(24(37)38)13-20(32)33/h1-3,6-7,15-18H,4-5,8-13,25-26H2,(H,27,34)(H,28,35)(H,29,36)(H,30,31)(H,32,33)(H,37,38). The smallest absolute Gasteiger partial charge is 0.326 e. The number of carbonyl (C=O) groups excluding carboxylic acids is 3. The van der Waals surface area contributed by atoms with Gasteiger partial charge in [0.2, 0.25) is 17.7 Å². The molecular formula is C24H35N5O9. The second-order valence-corrected chi connectivity index (χ2v) is 8.63. The summed E-state index contributed by atoms with van der Waals surface area (Å²) in [7, 11) is 0. The average Bonchev–Trinajstić information content (AvgIpc) is 2.85. The summed E-state index contributed by atoms with van der Waals surface area (Å²) in [6.07, 6.45) is -0.288. The zero-order chi connectivity index (χ0) is 28.7. The van der Waals surface area contributed by atoms with Crippen molar-refractivity contribution in [3.8, 4) is 0 Å². The van der Waals surface area contributed by atoms with Crippen LogP contribution >= 0.6 is 0 Å². The van der Waals surface area contributed by atoms with Crippen molar-refractivity contribution in [1.82, 2.24) is 16.0 Å². The molecule has 210 valence electrons. The van der Waals surface area contributed by atoms with Gasteiger partial charge in [0.15, 0.2) is 0 Å². The van der Waals surface area contributed by atoms with Crippen molar-refractivity contribution < 1.29 is 44.1 Å². The third-order valence-electron chi connectivity index (χ3n) is 5.49. The highest BCUT2D eigenvalue weighted by molar-refractivity contribution is 5.95. The summed E-state index contributed by atoms with van der Waals surface area (Å²) < 4.78 is 0. The molecule has 4 unspecified atom stereocenters. The minimum Gasteiger partial charge on any atom is -0.481 e. The molecule has 0 radical (unpaired) electrons. The molecule has 1 aromatic carbocycles. The second kappa shape index (κ2) is 16.7. The molecule has 0 fully saturated rings. The monoisotopic (exact) mass is 537 g/mol. The lowest BCUT2D eigenvalue weighted by molar-refractivity contribution is -0.147. The first-order valence-electron chi connectivity index (χ1n) is 12.0. The molecule has 10 N–H and O–H groups in total. The molecule has 1 aromatic rings. The van der Waals surface area contributed by atoms with Gasteiger partial charge < -0.3 is 42.7 Å². The zero-order valence-electron chi connectivity index (χ0n) is 20.8. The first-order chi connectivity index (χ1) is 17.9. The van der Waals surface area contributed by atoms with Crippen molar-refractivity contribution >= 4 is 35.6 Å². The van der Waals surface area contributed by atoms with Gasteiger partial charge in [-0.05, 0) is 31.4 Å². The van der Waals surface area contributed by atoms with Crippen LogP contribution < -0.4 is 27.4 Å². The van der Waals surface area contributed by atoms with Crippen molar-refractivity contribution in [2.24, 2.45) is 11.5 Å². The van der Waals surface area contributed by atoms with E-state index in [0.29, 0.717) is 24.9 Å². The molecule has 0 spiro atoms. The average molecular weight is 538 g/mol. The van der Waals surface area contributed by atoms with Crippen LogP contribution in [0, 0.1) is 0 Å². The number of carboxylic acids is 3. The lowest BCUT2D eigenvalue weighted by Gasteiger charge is -2.25. The third kappa shape index (κ3) is 12.3. The molecule has 4 atom stereocenters. The Bertz CT molecular complexity index is 973. The van der Waals surface area contributed by atoms with Crippen LogP contribution in [0.15, 0.2) is 30.3 Å². The SMILES string of the molecule is NCCCCC(N)C(=O)NC(CCC(=O)O)C(=O)NC(Cc1ccccc1)C(=O)NC(CC(=O)O)C(=O)O. The summed E-state index contributed by atoms with van der Waals surface area (Å²) in [5, 5.41) is 34.2. The van der Waals surface area contributed by atoms with Crippen LogP contribution in [-0.4, -0.2) is 81.7 Å². The number of amides is 3. The van der Waals surface area contributed by atoms with Gasteiger partial charge in [-0.2, -0.15) is 0 Å². The number of unbranched alkanes of at least 4 members (excludes halogenated alkanes) is 1. The molecule has 0 saturated heterocycles. The van der Waals surface area contributed by atoms with Gasteiger partial charge in [-0.25, -0.2) is 4.79 Å². The number of hydrogen-bond donors (Lipinski definition) is 8. The van der Waals surface area contributed by atoms with E-state index < -0.39 is 72.6 Å². The number of nitrogens with two attached hydrogens (primary N) is 2. The molecule has 1 rings (SSSR count). The Balaban J connectivity index is 3.11. The molecule has 0 bridgehead atoms. The number of hydrogen-bond acceptors (Lipinski definition) is 8. The third-order valence-corrected chi connectivity index (χ3v) is 5.49. The summed E-state index contributed by atoms with van der Waals surface area (Å²) >= 11 is 0. The van der Waals surface area contributed by atoms with Crippen LogP contribution in [0.3, 0.4) is 0 Å². The van der Waals surface area contributed by atoms with Crippen LogP contribution in [0.25, 0.3) is 0 Å². The van der Waals surface area contributed by atoms with Crippen molar-refractivity contribution in [1.29, 1.82) is 0 Å². The summed E-state index contributed by atoms with van der Waals surface area (Å²) in [5.74, 6) is -6.82. The number of aliphatic carboxylic acids is 3. The molecule has 0 aliphatic heterocycles. The highest BCUT2D eigenvalue weighted by Gasteiger charge is 2.31. The number of rotatable bonds is 18. The number of carbonyl (C=O) groups is 6. The summed E-state index contributed by atoms with van der Waals surface area (Å²) in [5.41, 5.74) is 11.9. The lowest BCUT2D eigenvalue weighted by atomic mass is 10.0.